The van der Waals surface area contributed by atoms with Crippen LogP contribution in [0.4, 0.5) is 4.39 Å². The van der Waals surface area contributed by atoms with Gasteiger partial charge < -0.3 is 4.74 Å². The van der Waals surface area contributed by atoms with Crippen molar-refractivity contribution in [2.24, 2.45) is 0 Å². The van der Waals surface area contributed by atoms with Crippen LogP contribution in [0.25, 0.3) is 0 Å². The zero-order valence-corrected chi connectivity index (χ0v) is 14.4. The Balaban J connectivity index is 2.32. The predicted octanol–water partition coefficient (Wildman–Crippen LogP) is 6.12. The third-order valence-electron chi connectivity index (χ3n) is 3.43. The number of halogens is 2. The second kappa shape index (κ2) is 6.18. The summed E-state index contributed by atoms with van der Waals surface area (Å²) in [5, 5.41) is 0.555. The Kier molecular flexibility index (Phi) is 4.72. The molecule has 21 heavy (non-hydrogen) atoms. The number of ether oxygens (including phenoxy) is 1. The van der Waals surface area contributed by atoms with E-state index in [0.29, 0.717) is 11.1 Å². The van der Waals surface area contributed by atoms with Crippen molar-refractivity contribution in [3.63, 3.8) is 0 Å². The SMILES string of the molecule is Cc1cc(C(C)(C)C)ccc1Oc1ccc(F)cc1CBr. The quantitative estimate of drug-likeness (QED) is 0.606. The molecular weight excluding hydrogens is 331 g/mol. The first-order chi connectivity index (χ1) is 9.81. The molecule has 0 atom stereocenters. The highest BCUT2D eigenvalue weighted by Crippen LogP contribution is 2.32. The fourth-order valence-electron chi connectivity index (χ4n) is 2.10. The van der Waals surface area contributed by atoms with Gasteiger partial charge in [-0.1, -0.05) is 48.8 Å². The minimum atomic E-state index is -0.253. The number of alkyl halides is 1. The van der Waals surface area contributed by atoms with Crippen LogP contribution < -0.4 is 4.74 Å². The topological polar surface area (TPSA) is 9.23 Å². The maximum Gasteiger partial charge on any atom is 0.131 e. The molecule has 0 aliphatic rings. The van der Waals surface area contributed by atoms with Gasteiger partial charge in [0.1, 0.15) is 17.3 Å². The van der Waals surface area contributed by atoms with Crippen molar-refractivity contribution in [2.75, 3.05) is 0 Å². The van der Waals surface area contributed by atoms with Gasteiger partial charge in [-0.05, 0) is 47.7 Å². The molecule has 0 saturated carbocycles. The summed E-state index contributed by atoms with van der Waals surface area (Å²) >= 11 is 3.37. The van der Waals surface area contributed by atoms with E-state index >= 15 is 0 Å². The van der Waals surface area contributed by atoms with Crippen LogP contribution in [-0.2, 0) is 10.7 Å². The lowest BCUT2D eigenvalue weighted by Gasteiger charge is -2.21. The molecule has 0 aromatic heterocycles. The highest BCUT2D eigenvalue weighted by atomic mass is 79.9. The number of hydrogen-bond donors (Lipinski definition) is 0. The van der Waals surface area contributed by atoms with E-state index in [9.17, 15) is 4.39 Å². The standard InChI is InChI=1S/C18H20BrFO/c1-12-9-14(18(2,3)4)5-7-16(12)21-17-8-6-15(20)10-13(17)11-19/h5-10H,11H2,1-4H3. The smallest absolute Gasteiger partial charge is 0.131 e. The molecule has 0 radical (unpaired) electrons. The molecular formula is C18H20BrFO. The summed E-state index contributed by atoms with van der Waals surface area (Å²) < 4.78 is 19.2. The zero-order chi connectivity index (χ0) is 15.6. The van der Waals surface area contributed by atoms with Gasteiger partial charge in [-0.25, -0.2) is 4.39 Å². The van der Waals surface area contributed by atoms with Crippen molar-refractivity contribution in [1.82, 2.24) is 0 Å². The van der Waals surface area contributed by atoms with Crippen molar-refractivity contribution in [3.8, 4) is 11.5 Å². The monoisotopic (exact) mass is 350 g/mol. The van der Waals surface area contributed by atoms with E-state index in [4.69, 9.17) is 4.74 Å². The molecule has 2 aromatic carbocycles. The molecule has 0 amide bonds. The van der Waals surface area contributed by atoms with E-state index in [2.05, 4.69) is 48.8 Å². The molecule has 0 spiro atoms. The summed E-state index contributed by atoms with van der Waals surface area (Å²) in [5.41, 5.74) is 3.26. The molecule has 0 saturated heterocycles. The van der Waals surface area contributed by atoms with Gasteiger partial charge in [-0.15, -0.1) is 0 Å². The van der Waals surface area contributed by atoms with E-state index in [1.807, 2.05) is 13.0 Å². The third kappa shape index (κ3) is 3.85. The lowest BCUT2D eigenvalue weighted by molar-refractivity contribution is 0.471. The number of benzene rings is 2. The van der Waals surface area contributed by atoms with Crippen LogP contribution in [0.5, 0.6) is 11.5 Å². The molecule has 1 nitrogen and oxygen atoms in total. The molecule has 2 aromatic rings. The van der Waals surface area contributed by atoms with Crippen LogP contribution in [0.1, 0.15) is 37.5 Å². The van der Waals surface area contributed by atoms with Crippen molar-refractivity contribution in [1.29, 1.82) is 0 Å². The van der Waals surface area contributed by atoms with Crippen LogP contribution in [0.15, 0.2) is 36.4 Å². The Labute approximate surface area is 134 Å². The van der Waals surface area contributed by atoms with Crippen LogP contribution in [-0.4, -0.2) is 0 Å². The van der Waals surface area contributed by atoms with Gasteiger partial charge in [0, 0.05) is 10.9 Å². The third-order valence-corrected chi connectivity index (χ3v) is 4.03. The van der Waals surface area contributed by atoms with Crippen LogP contribution in [0.3, 0.4) is 0 Å². The minimum absolute atomic E-state index is 0.111. The summed E-state index contributed by atoms with van der Waals surface area (Å²) in [6, 6.07) is 10.8. The highest BCUT2D eigenvalue weighted by molar-refractivity contribution is 9.08. The number of rotatable bonds is 3. The molecule has 0 heterocycles. The second-order valence-corrected chi connectivity index (χ2v) is 6.78. The number of aryl methyl sites for hydroxylation is 1. The van der Waals surface area contributed by atoms with Crippen LogP contribution >= 0.6 is 15.9 Å². The van der Waals surface area contributed by atoms with Crippen molar-refractivity contribution in [3.05, 3.63) is 58.9 Å². The molecule has 0 aliphatic heterocycles. The van der Waals surface area contributed by atoms with E-state index in [-0.39, 0.29) is 11.2 Å². The maximum atomic E-state index is 13.3. The summed E-state index contributed by atoms with van der Waals surface area (Å²) in [4.78, 5) is 0. The van der Waals surface area contributed by atoms with Gasteiger partial charge in [-0.3, -0.25) is 0 Å². The Hall–Kier alpha value is -1.35. The molecule has 0 unspecified atom stereocenters. The first-order valence-electron chi connectivity index (χ1n) is 6.94. The summed E-state index contributed by atoms with van der Waals surface area (Å²) in [5.74, 6) is 1.23. The molecule has 112 valence electrons. The fourth-order valence-corrected chi connectivity index (χ4v) is 2.54. The molecule has 2 rings (SSSR count). The summed E-state index contributed by atoms with van der Waals surface area (Å²) in [6.45, 7) is 8.59. The predicted molar refractivity (Wildman–Crippen MR) is 89.0 cm³/mol. The fraction of sp³-hybridized carbons (Fsp3) is 0.333. The summed E-state index contributed by atoms with van der Waals surface area (Å²) in [6.07, 6.45) is 0. The minimum Gasteiger partial charge on any atom is -0.457 e. The molecule has 0 N–H and O–H groups in total. The summed E-state index contributed by atoms with van der Waals surface area (Å²) in [7, 11) is 0. The Morgan fingerprint density at radius 3 is 2.29 bits per heavy atom. The van der Waals surface area contributed by atoms with Gasteiger partial charge in [0.25, 0.3) is 0 Å². The van der Waals surface area contributed by atoms with Gasteiger partial charge in [0.05, 0.1) is 0 Å². The van der Waals surface area contributed by atoms with Crippen LogP contribution in [0, 0.1) is 12.7 Å². The average Bonchev–Trinajstić information content (AvgIpc) is 2.41. The first kappa shape index (κ1) is 16.0. The molecule has 3 heteroatoms. The Morgan fingerprint density at radius 1 is 1.05 bits per heavy atom. The Bertz CT molecular complexity index is 644. The van der Waals surface area contributed by atoms with E-state index in [1.165, 1.54) is 17.7 Å². The second-order valence-electron chi connectivity index (χ2n) is 6.22. The first-order valence-corrected chi connectivity index (χ1v) is 8.07. The largest absolute Gasteiger partial charge is 0.457 e. The van der Waals surface area contributed by atoms with Gasteiger partial charge in [0.2, 0.25) is 0 Å². The zero-order valence-electron chi connectivity index (χ0n) is 12.8. The highest BCUT2D eigenvalue weighted by Gasteiger charge is 2.15. The normalized spacial score (nSPS) is 11.5. The van der Waals surface area contributed by atoms with Crippen molar-refractivity contribution in [2.45, 2.75) is 38.4 Å². The molecule has 0 aliphatic carbocycles. The van der Waals surface area contributed by atoms with E-state index in [0.717, 1.165) is 16.9 Å². The van der Waals surface area contributed by atoms with Gasteiger partial charge in [-0.2, -0.15) is 0 Å². The molecule has 0 bridgehead atoms. The van der Waals surface area contributed by atoms with Crippen molar-refractivity contribution >= 4 is 15.9 Å². The lowest BCUT2D eigenvalue weighted by atomic mass is 9.86. The van der Waals surface area contributed by atoms with Crippen LogP contribution in [0.2, 0.25) is 0 Å². The van der Waals surface area contributed by atoms with Crippen molar-refractivity contribution < 1.29 is 9.13 Å². The average molecular weight is 351 g/mol. The van der Waals surface area contributed by atoms with Gasteiger partial charge >= 0.3 is 0 Å². The lowest BCUT2D eigenvalue weighted by Crippen LogP contribution is -2.11. The van der Waals surface area contributed by atoms with E-state index in [1.54, 1.807) is 6.07 Å². The maximum absolute atomic E-state index is 13.3. The number of hydrogen-bond acceptors (Lipinski definition) is 1. The van der Waals surface area contributed by atoms with E-state index < -0.39 is 0 Å². The Morgan fingerprint density at radius 2 is 1.71 bits per heavy atom. The van der Waals surface area contributed by atoms with Gasteiger partial charge in [0.15, 0.2) is 0 Å². The molecule has 0 fully saturated rings.